The largest absolute Gasteiger partial charge is 0.600 e. The second-order valence-electron chi connectivity index (χ2n) is 3.97. The average Bonchev–Trinajstić information content (AvgIpc) is 2.04. The number of hydrogen-bond donors (Lipinski definition) is 2. The molecule has 3 atom stereocenters. The van der Waals surface area contributed by atoms with Crippen LogP contribution in [0.3, 0.4) is 0 Å². The lowest BCUT2D eigenvalue weighted by atomic mass is 9.82. The van der Waals surface area contributed by atoms with Gasteiger partial charge in [-0.1, -0.05) is 32.6 Å². The highest BCUT2D eigenvalue weighted by molar-refractivity contribution is 5.23. The van der Waals surface area contributed by atoms with E-state index in [-0.39, 0.29) is 6.04 Å². The third kappa shape index (κ3) is 2.40. The van der Waals surface area contributed by atoms with Crippen molar-refractivity contribution in [2.24, 2.45) is 11.8 Å². The molecule has 1 aliphatic rings. The lowest BCUT2D eigenvalue weighted by molar-refractivity contribution is -1.06. The lowest BCUT2D eigenvalue weighted by Crippen LogP contribution is -3.09. The van der Waals surface area contributed by atoms with Crippen LogP contribution in [0.5, 0.6) is 0 Å². The van der Waals surface area contributed by atoms with E-state index in [0.717, 1.165) is 5.57 Å². The molecule has 2 N–H and O–H groups in total. The number of rotatable bonds is 2. The van der Waals surface area contributed by atoms with Crippen LogP contribution in [-0.2, 0) is 0 Å². The summed E-state index contributed by atoms with van der Waals surface area (Å²) in [6.45, 7) is 7.97. The van der Waals surface area contributed by atoms with Gasteiger partial charge in [0.05, 0.1) is 0 Å². The Bertz CT molecular complexity index is 221. The fourth-order valence-electron chi connectivity index (χ4n) is 1.62. The molecule has 1 aliphatic carbocycles. The van der Waals surface area contributed by atoms with Gasteiger partial charge in [-0.15, -0.1) is 0 Å². The molecular formula is C10H17NO2. The van der Waals surface area contributed by atoms with Crippen molar-refractivity contribution in [3.63, 3.8) is 0 Å². The molecule has 0 radical (unpaired) electrons. The minimum absolute atomic E-state index is 0.377. The van der Waals surface area contributed by atoms with E-state index in [9.17, 15) is 5.21 Å². The number of hydroxylamine groups is 2. The van der Waals surface area contributed by atoms with Crippen LogP contribution in [0, 0.1) is 17.0 Å². The molecule has 74 valence electrons. The maximum atomic E-state index is 10.8. The van der Waals surface area contributed by atoms with Gasteiger partial charge in [-0.3, -0.25) is 0 Å². The lowest BCUT2D eigenvalue weighted by Gasteiger charge is -2.31. The minimum atomic E-state index is -0.750. The Morgan fingerprint density at radius 3 is 2.77 bits per heavy atom. The van der Waals surface area contributed by atoms with Gasteiger partial charge in [-0.05, 0) is 11.8 Å². The van der Waals surface area contributed by atoms with Gasteiger partial charge in [-0.2, -0.15) is 0 Å². The van der Waals surface area contributed by atoms with E-state index >= 15 is 0 Å². The summed E-state index contributed by atoms with van der Waals surface area (Å²) in [5.41, 5.74) is 0.726. The van der Waals surface area contributed by atoms with Crippen molar-refractivity contribution in [2.75, 3.05) is 0 Å². The van der Waals surface area contributed by atoms with Crippen LogP contribution in [0.2, 0.25) is 0 Å². The topological polar surface area (TPSA) is 47.7 Å². The zero-order chi connectivity index (χ0) is 10.0. The normalized spacial score (nSPS) is 31.0. The molecule has 3 nitrogen and oxygen atoms in total. The number of nitrogens with one attached hydrogen (secondary N) is 1. The maximum Gasteiger partial charge on any atom is 0.142 e. The third-order valence-corrected chi connectivity index (χ3v) is 2.67. The van der Waals surface area contributed by atoms with Crippen LogP contribution in [0.1, 0.15) is 20.3 Å². The highest BCUT2D eigenvalue weighted by Gasteiger charge is 2.26. The summed E-state index contributed by atoms with van der Waals surface area (Å²) in [5, 5.41) is 19.0. The number of quaternary nitrogens is 1. The first-order valence-electron chi connectivity index (χ1n) is 4.62. The summed E-state index contributed by atoms with van der Waals surface area (Å²) in [7, 11) is 0. The first-order chi connectivity index (χ1) is 6.02. The van der Waals surface area contributed by atoms with Gasteiger partial charge in [0.1, 0.15) is 6.04 Å². The van der Waals surface area contributed by atoms with Crippen molar-refractivity contribution in [2.45, 2.75) is 26.3 Å². The summed E-state index contributed by atoms with van der Waals surface area (Å²) < 4.78 is 0. The molecule has 0 aromatic heterocycles. The summed E-state index contributed by atoms with van der Waals surface area (Å²) in [5.74, 6) is 0.887. The molecule has 0 fully saturated rings. The van der Waals surface area contributed by atoms with Crippen molar-refractivity contribution < 1.29 is 10.4 Å². The van der Waals surface area contributed by atoms with Crippen LogP contribution in [0.25, 0.3) is 0 Å². The molecule has 3 heteroatoms. The molecular weight excluding hydrogens is 166 g/mol. The molecule has 0 aromatic rings. The highest BCUT2D eigenvalue weighted by atomic mass is 16.8. The van der Waals surface area contributed by atoms with E-state index in [0.29, 0.717) is 18.3 Å². The van der Waals surface area contributed by atoms with Crippen LogP contribution < -0.4 is 5.23 Å². The van der Waals surface area contributed by atoms with Gasteiger partial charge in [0.2, 0.25) is 0 Å². The van der Waals surface area contributed by atoms with Crippen LogP contribution in [0.15, 0.2) is 24.3 Å². The Balaban J connectivity index is 2.71. The molecule has 0 spiro atoms. The highest BCUT2D eigenvalue weighted by Crippen LogP contribution is 2.25. The minimum Gasteiger partial charge on any atom is -0.600 e. The predicted octanol–water partition coefficient (Wildman–Crippen LogP) is 0.915. The first-order valence-corrected chi connectivity index (χ1v) is 4.62. The van der Waals surface area contributed by atoms with E-state index in [2.05, 4.69) is 26.5 Å². The first kappa shape index (κ1) is 10.4. The summed E-state index contributed by atoms with van der Waals surface area (Å²) >= 11 is 0. The Morgan fingerprint density at radius 1 is 1.69 bits per heavy atom. The zero-order valence-electron chi connectivity index (χ0n) is 8.16. The molecule has 0 bridgehead atoms. The smallest absolute Gasteiger partial charge is 0.142 e. The van der Waals surface area contributed by atoms with E-state index in [1.165, 1.54) is 0 Å². The maximum absolute atomic E-state index is 10.8. The molecule has 0 saturated carbocycles. The molecule has 1 rings (SSSR count). The molecule has 13 heavy (non-hydrogen) atoms. The Kier molecular flexibility index (Phi) is 3.25. The second-order valence-corrected chi connectivity index (χ2v) is 3.97. The van der Waals surface area contributed by atoms with Crippen molar-refractivity contribution in [3.8, 4) is 0 Å². The van der Waals surface area contributed by atoms with Gasteiger partial charge in [0.25, 0.3) is 0 Å². The van der Waals surface area contributed by atoms with Crippen molar-refractivity contribution in [1.82, 2.24) is 0 Å². The van der Waals surface area contributed by atoms with Crippen LogP contribution >= 0.6 is 0 Å². The fraction of sp³-hybridized carbons (Fsp3) is 0.600. The van der Waals surface area contributed by atoms with E-state index in [1.54, 1.807) is 0 Å². The monoisotopic (exact) mass is 183 g/mol. The third-order valence-electron chi connectivity index (χ3n) is 2.67. The molecule has 1 unspecified atom stereocenters. The number of allylic oxidation sites excluding steroid dienone is 1. The average molecular weight is 183 g/mol. The quantitative estimate of drug-likeness (QED) is 0.625. The molecule has 0 saturated heterocycles. The van der Waals surface area contributed by atoms with E-state index < -0.39 is 5.23 Å². The SMILES string of the molecule is C=C1C=C[C@@H](C(C)C)C[C@@H]1[NH+]([O-])O. The van der Waals surface area contributed by atoms with Gasteiger partial charge in [0.15, 0.2) is 0 Å². The molecule has 0 amide bonds. The predicted molar refractivity (Wildman–Crippen MR) is 51.1 cm³/mol. The molecule has 0 aliphatic heterocycles. The van der Waals surface area contributed by atoms with Gasteiger partial charge < -0.3 is 5.21 Å². The second kappa shape index (κ2) is 4.05. The van der Waals surface area contributed by atoms with Crippen molar-refractivity contribution in [1.29, 1.82) is 0 Å². The standard InChI is InChI=1S/C10H17NO2/c1-7(2)9-5-4-8(3)10(6-9)11(12)13/h4-5,7,9-12H,3,6H2,1-2H3/t9-,10+/m1/s1. The van der Waals surface area contributed by atoms with E-state index in [4.69, 9.17) is 5.21 Å². The summed E-state index contributed by atoms with van der Waals surface area (Å²) in [6.07, 6.45) is 4.63. The molecule has 0 aromatic carbocycles. The number of hydrogen-bond acceptors (Lipinski definition) is 2. The van der Waals surface area contributed by atoms with Gasteiger partial charge in [0, 0.05) is 12.0 Å². The summed E-state index contributed by atoms with van der Waals surface area (Å²) in [6, 6.07) is -0.377. The Labute approximate surface area is 78.9 Å². The zero-order valence-corrected chi connectivity index (χ0v) is 8.16. The van der Waals surface area contributed by atoms with Gasteiger partial charge in [-0.25, -0.2) is 10.4 Å². The summed E-state index contributed by atoms with van der Waals surface area (Å²) in [4.78, 5) is 0. The van der Waals surface area contributed by atoms with Gasteiger partial charge >= 0.3 is 0 Å². The Hall–Kier alpha value is -0.640. The van der Waals surface area contributed by atoms with Crippen molar-refractivity contribution >= 4 is 0 Å². The molecule has 0 heterocycles. The Morgan fingerprint density at radius 2 is 2.31 bits per heavy atom. The van der Waals surface area contributed by atoms with Crippen molar-refractivity contribution in [3.05, 3.63) is 29.5 Å². The van der Waals surface area contributed by atoms with Crippen LogP contribution in [0.4, 0.5) is 0 Å². The van der Waals surface area contributed by atoms with E-state index in [1.807, 2.05) is 6.08 Å². The fourth-order valence-corrected chi connectivity index (χ4v) is 1.62. The van der Waals surface area contributed by atoms with Crippen LogP contribution in [-0.4, -0.2) is 11.2 Å².